The van der Waals surface area contributed by atoms with Crippen molar-refractivity contribution in [2.45, 2.75) is 26.8 Å². The molecule has 0 saturated heterocycles. The summed E-state index contributed by atoms with van der Waals surface area (Å²) in [5, 5.41) is 7.43. The van der Waals surface area contributed by atoms with Crippen molar-refractivity contribution in [2.75, 3.05) is 12.4 Å². The first-order chi connectivity index (χ1) is 10.6. The molecule has 0 bridgehead atoms. The highest BCUT2D eigenvalue weighted by Gasteiger charge is 2.10. The van der Waals surface area contributed by atoms with Crippen molar-refractivity contribution in [3.8, 4) is 17.1 Å². The first-order valence-corrected chi connectivity index (χ1v) is 8.12. The van der Waals surface area contributed by atoms with Gasteiger partial charge in [0.15, 0.2) is 5.13 Å². The number of rotatable bonds is 4. The lowest BCUT2D eigenvalue weighted by atomic mass is 10.1. The van der Waals surface area contributed by atoms with E-state index >= 15 is 0 Å². The average molecular weight is 313 g/mol. The second-order valence-electron chi connectivity index (χ2n) is 5.54. The van der Waals surface area contributed by atoms with E-state index in [0.29, 0.717) is 6.04 Å². The molecule has 1 aromatic carbocycles. The number of benzene rings is 1. The van der Waals surface area contributed by atoms with Crippen molar-refractivity contribution in [1.82, 2.24) is 9.97 Å². The van der Waals surface area contributed by atoms with E-state index in [0.717, 1.165) is 33.2 Å². The fraction of sp³-hybridized carbons (Fsp3) is 0.294. The third-order valence-corrected chi connectivity index (χ3v) is 4.18. The summed E-state index contributed by atoms with van der Waals surface area (Å²) in [4.78, 5) is 9.37. The van der Waals surface area contributed by atoms with E-state index in [9.17, 15) is 0 Å². The monoisotopic (exact) mass is 313 g/mol. The van der Waals surface area contributed by atoms with Gasteiger partial charge in [0.05, 0.1) is 18.3 Å². The maximum absolute atomic E-state index is 5.29. The zero-order valence-corrected chi connectivity index (χ0v) is 14.0. The number of ether oxygens (including phenoxy) is 1. The van der Waals surface area contributed by atoms with Crippen molar-refractivity contribution >= 4 is 27.4 Å². The number of nitrogens with one attached hydrogen (secondary N) is 1. The van der Waals surface area contributed by atoms with Crippen LogP contribution in [0.2, 0.25) is 0 Å². The number of aryl methyl sites for hydroxylation is 1. The molecule has 0 atom stereocenters. The van der Waals surface area contributed by atoms with Crippen LogP contribution in [0.1, 0.15) is 19.4 Å². The Kier molecular flexibility index (Phi) is 3.98. The van der Waals surface area contributed by atoms with Crippen molar-refractivity contribution in [3.63, 3.8) is 0 Å². The third-order valence-electron chi connectivity index (χ3n) is 3.40. The van der Waals surface area contributed by atoms with Gasteiger partial charge in [0, 0.05) is 22.9 Å². The first kappa shape index (κ1) is 14.8. The number of pyridine rings is 1. The number of methoxy groups -OCH3 is 1. The predicted molar refractivity (Wildman–Crippen MR) is 92.9 cm³/mol. The molecule has 4 nitrogen and oxygen atoms in total. The van der Waals surface area contributed by atoms with Crippen molar-refractivity contribution in [2.24, 2.45) is 0 Å². The smallest absolute Gasteiger partial charge is 0.183 e. The Morgan fingerprint density at radius 2 is 1.95 bits per heavy atom. The molecule has 114 valence electrons. The van der Waals surface area contributed by atoms with E-state index in [2.05, 4.69) is 37.1 Å². The summed E-state index contributed by atoms with van der Waals surface area (Å²) < 4.78 is 5.29. The van der Waals surface area contributed by atoms with E-state index in [-0.39, 0.29) is 0 Å². The lowest BCUT2D eigenvalue weighted by Gasteiger charge is -2.07. The van der Waals surface area contributed by atoms with E-state index in [1.807, 2.05) is 23.6 Å². The van der Waals surface area contributed by atoms with Crippen LogP contribution < -0.4 is 10.1 Å². The Bertz CT molecular complexity index is 811. The van der Waals surface area contributed by atoms with Crippen LogP contribution in [0.15, 0.2) is 29.6 Å². The molecular weight excluding hydrogens is 294 g/mol. The summed E-state index contributed by atoms with van der Waals surface area (Å²) in [5.41, 5.74) is 3.92. The minimum atomic E-state index is 0.370. The zero-order chi connectivity index (χ0) is 15.7. The third kappa shape index (κ3) is 2.90. The van der Waals surface area contributed by atoms with Gasteiger partial charge in [-0.15, -0.1) is 11.3 Å². The highest BCUT2D eigenvalue weighted by Crippen LogP contribution is 2.29. The molecule has 2 heterocycles. The van der Waals surface area contributed by atoms with Gasteiger partial charge < -0.3 is 10.1 Å². The lowest BCUT2D eigenvalue weighted by molar-refractivity contribution is 0.415. The maximum Gasteiger partial charge on any atom is 0.183 e. The fourth-order valence-corrected chi connectivity index (χ4v) is 3.20. The fourth-order valence-electron chi connectivity index (χ4n) is 2.35. The SMILES string of the molecule is COc1ccc2c(C)cc(-c3csc(NC(C)C)n3)nc2c1. The summed E-state index contributed by atoms with van der Waals surface area (Å²) in [5.74, 6) is 0.817. The molecule has 0 aliphatic carbocycles. The molecule has 0 unspecified atom stereocenters. The number of aromatic nitrogens is 2. The minimum Gasteiger partial charge on any atom is -0.497 e. The molecule has 0 amide bonds. The highest BCUT2D eigenvalue weighted by atomic mass is 32.1. The average Bonchev–Trinajstić information content (AvgIpc) is 2.94. The normalized spacial score (nSPS) is 11.1. The van der Waals surface area contributed by atoms with E-state index < -0.39 is 0 Å². The molecule has 3 rings (SSSR count). The molecule has 0 saturated carbocycles. The Hall–Kier alpha value is -2.14. The van der Waals surface area contributed by atoms with Crippen molar-refractivity contribution in [3.05, 3.63) is 35.2 Å². The number of anilines is 1. The minimum absolute atomic E-state index is 0.370. The van der Waals surface area contributed by atoms with E-state index in [4.69, 9.17) is 9.72 Å². The Morgan fingerprint density at radius 3 is 2.68 bits per heavy atom. The summed E-state index contributed by atoms with van der Waals surface area (Å²) in [6.07, 6.45) is 0. The summed E-state index contributed by atoms with van der Waals surface area (Å²) in [6.45, 7) is 6.30. The first-order valence-electron chi connectivity index (χ1n) is 7.24. The number of fused-ring (bicyclic) bond motifs is 1. The largest absolute Gasteiger partial charge is 0.497 e. The predicted octanol–water partition coefficient (Wildman–Crippen LogP) is 4.50. The summed E-state index contributed by atoms with van der Waals surface area (Å²) >= 11 is 1.60. The Labute approximate surface area is 134 Å². The molecule has 0 fully saturated rings. The molecule has 0 aliphatic heterocycles. The van der Waals surface area contributed by atoms with Crippen LogP contribution in [-0.2, 0) is 0 Å². The van der Waals surface area contributed by atoms with Gasteiger partial charge in [-0.05, 0) is 44.5 Å². The highest BCUT2D eigenvalue weighted by molar-refractivity contribution is 7.14. The molecule has 22 heavy (non-hydrogen) atoms. The van der Waals surface area contributed by atoms with Crippen LogP contribution >= 0.6 is 11.3 Å². The van der Waals surface area contributed by atoms with Gasteiger partial charge in [0.1, 0.15) is 11.4 Å². The number of nitrogens with zero attached hydrogens (tertiary/aromatic N) is 2. The number of thiazole rings is 1. The maximum atomic E-state index is 5.29. The number of hydrogen-bond acceptors (Lipinski definition) is 5. The topological polar surface area (TPSA) is 47.0 Å². The van der Waals surface area contributed by atoms with Crippen LogP contribution in [-0.4, -0.2) is 23.1 Å². The molecule has 5 heteroatoms. The zero-order valence-electron chi connectivity index (χ0n) is 13.2. The van der Waals surface area contributed by atoms with Gasteiger partial charge in [-0.1, -0.05) is 0 Å². The molecule has 0 aliphatic rings. The van der Waals surface area contributed by atoms with Crippen LogP contribution in [0, 0.1) is 6.92 Å². The van der Waals surface area contributed by atoms with Crippen molar-refractivity contribution < 1.29 is 4.74 Å². The summed E-state index contributed by atoms with van der Waals surface area (Å²) in [7, 11) is 1.67. The van der Waals surface area contributed by atoms with Crippen LogP contribution in [0.25, 0.3) is 22.3 Å². The lowest BCUT2D eigenvalue weighted by Crippen LogP contribution is -2.09. The standard InChI is InChI=1S/C17H19N3OS/c1-10(2)18-17-20-16(9-22-17)15-7-11(3)13-6-5-12(21-4)8-14(13)19-15/h5-10H,1-4H3,(H,18,20). The molecule has 3 aromatic rings. The molecule has 2 aromatic heterocycles. The molecular formula is C17H19N3OS. The van der Waals surface area contributed by atoms with Gasteiger partial charge in [-0.2, -0.15) is 0 Å². The van der Waals surface area contributed by atoms with Crippen molar-refractivity contribution in [1.29, 1.82) is 0 Å². The van der Waals surface area contributed by atoms with Crippen LogP contribution in [0.4, 0.5) is 5.13 Å². The molecule has 0 radical (unpaired) electrons. The summed E-state index contributed by atoms with van der Waals surface area (Å²) in [6, 6.07) is 8.43. The van der Waals surface area contributed by atoms with Gasteiger partial charge in [0.2, 0.25) is 0 Å². The second-order valence-corrected chi connectivity index (χ2v) is 6.40. The Balaban J connectivity index is 2.05. The van der Waals surface area contributed by atoms with Gasteiger partial charge in [-0.25, -0.2) is 9.97 Å². The van der Waals surface area contributed by atoms with Gasteiger partial charge in [-0.3, -0.25) is 0 Å². The van der Waals surface area contributed by atoms with Gasteiger partial charge in [0.25, 0.3) is 0 Å². The second kappa shape index (κ2) is 5.93. The van der Waals surface area contributed by atoms with E-state index in [1.165, 1.54) is 5.56 Å². The van der Waals surface area contributed by atoms with Crippen LogP contribution in [0.3, 0.4) is 0 Å². The number of hydrogen-bond donors (Lipinski definition) is 1. The quantitative estimate of drug-likeness (QED) is 0.770. The molecule has 0 spiro atoms. The van der Waals surface area contributed by atoms with E-state index in [1.54, 1.807) is 18.4 Å². The Morgan fingerprint density at radius 1 is 1.14 bits per heavy atom. The van der Waals surface area contributed by atoms with Gasteiger partial charge >= 0.3 is 0 Å². The molecule has 1 N–H and O–H groups in total. The van der Waals surface area contributed by atoms with Crippen LogP contribution in [0.5, 0.6) is 5.75 Å².